The van der Waals surface area contributed by atoms with Crippen LogP contribution in [0.1, 0.15) is 11.1 Å². The van der Waals surface area contributed by atoms with E-state index in [0.29, 0.717) is 11.9 Å². The molecule has 0 bridgehead atoms. The van der Waals surface area contributed by atoms with E-state index in [-0.39, 0.29) is 12.3 Å². The van der Waals surface area contributed by atoms with Gasteiger partial charge in [0, 0.05) is 27.0 Å². The van der Waals surface area contributed by atoms with Crippen molar-refractivity contribution in [3.63, 3.8) is 0 Å². The number of hydrogen-bond acceptors (Lipinski definition) is 5. The summed E-state index contributed by atoms with van der Waals surface area (Å²) >= 11 is 7.28. The van der Waals surface area contributed by atoms with E-state index in [1.165, 1.54) is 6.08 Å². The van der Waals surface area contributed by atoms with Gasteiger partial charge in [0.1, 0.15) is 0 Å². The smallest absolute Gasteiger partial charge is 0.282 e. The van der Waals surface area contributed by atoms with Gasteiger partial charge in [0.15, 0.2) is 0 Å². The molecule has 0 atom stereocenters. The van der Waals surface area contributed by atoms with E-state index in [9.17, 15) is 14.4 Å². The fourth-order valence-electron chi connectivity index (χ4n) is 1.97. The van der Waals surface area contributed by atoms with Gasteiger partial charge >= 0.3 is 5.24 Å². The molecule has 0 saturated heterocycles. The molecular formula is C18H15Br2N3O3S. The Morgan fingerprint density at radius 2 is 1.67 bits per heavy atom. The first-order valence-electron chi connectivity index (χ1n) is 7.66. The fraction of sp³-hybridized carbons (Fsp3) is 0.0556. The summed E-state index contributed by atoms with van der Waals surface area (Å²) in [5, 5.41) is 1.53. The minimum atomic E-state index is -0.639. The normalized spacial score (nSPS) is 10.6. The first-order chi connectivity index (χ1) is 12.9. The molecule has 3 N–H and O–H groups in total. The second-order valence-corrected chi connectivity index (χ2v) is 7.84. The average Bonchev–Trinajstić information content (AvgIpc) is 2.60. The lowest BCUT2D eigenvalue weighted by molar-refractivity contribution is -0.120. The van der Waals surface area contributed by atoms with Gasteiger partial charge in [-0.3, -0.25) is 25.1 Å². The van der Waals surface area contributed by atoms with Crippen LogP contribution >= 0.6 is 43.8 Å². The van der Waals surface area contributed by atoms with Gasteiger partial charge in [0.05, 0.1) is 6.42 Å². The van der Waals surface area contributed by atoms with E-state index in [4.69, 9.17) is 0 Å². The Labute approximate surface area is 177 Å². The van der Waals surface area contributed by atoms with E-state index in [0.717, 1.165) is 20.1 Å². The highest BCUT2D eigenvalue weighted by Gasteiger charge is 2.08. The SMILES string of the molecule is O=C(/C=C/c1cc(Br)cc(Br)c1)NC(=O)SNNC(=O)Cc1ccccc1. The van der Waals surface area contributed by atoms with Gasteiger partial charge in [0.2, 0.25) is 5.91 Å². The highest BCUT2D eigenvalue weighted by molar-refractivity contribution is 9.11. The monoisotopic (exact) mass is 511 g/mol. The van der Waals surface area contributed by atoms with Crippen molar-refractivity contribution in [2.24, 2.45) is 0 Å². The molecule has 3 amide bonds. The summed E-state index contributed by atoms with van der Waals surface area (Å²) in [4.78, 5) is 37.6. The lowest BCUT2D eigenvalue weighted by atomic mass is 10.1. The summed E-state index contributed by atoms with van der Waals surface area (Å²) in [5.41, 5.74) is 4.02. The molecule has 2 aromatic carbocycles. The van der Waals surface area contributed by atoms with Crippen LogP contribution in [0.4, 0.5) is 4.79 Å². The van der Waals surface area contributed by atoms with Crippen LogP contribution in [0.15, 0.2) is 63.6 Å². The third kappa shape index (κ3) is 8.53. The molecule has 0 aliphatic carbocycles. The number of benzene rings is 2. The summed E-state index contributed by atoms with van der Waals surface area (Å²) < 4.78 is 1.72. The molecule has 2 aromatic rings. The lowest BCUT2D eigenvalue weighted by Crippen LogP contribution is -2.37. The average molecular weight is 513 g/mol. The van der Waals surface area contributed by atoms with Crippen molar-refractivity contribution in [3.8, 4) is 0 Å². The second-order valence-electron chi connectivity index (χ2n) is 5.23. The predicted octanol–water partition coefficient (Wildman–Crippen LogP) is 3.97. The van der Waals surface area contributed by atoms with Crippen molar-refractivity contribution in [1.82, 2.24) is 15.6 Å². The molecule has 0 heterocycles. The van der Waals surface area contributed by atoms with Crippen molar-refractivity contribution in [2.75, 3.05) is 0 Å². The van der Waals surface area contributed by atoms with E-state index >= 15 is 0 Å². The zero-order valence-corrected chi connectivity index (χ0v) is 17.9. The Hall–Kier alpha value is -1.94. The molecule has 140 valence electrons. The standard InChI is InChI=1S/C18H15Br2N3O3S/c19-14-8-13(9-15(20)11-14)6-7-16(24)21-18(26)27-23-22-17(25)10-12-4-2-1-3-5-12/h1-9,11,23H,10H2,(H,22,25)(H,21,24,26)/b7-6+. The van der Waals surface area contributed by atoms with Crippen molar-refractivity contribution in [1.29, 1.82) is 0 Å². The Morgan fingerprint density at radius 3 is 2.33 bits per heavy atom. The zero-order valence-electron chi connectivity index (χ0n) is 13.9. The largest absolute Gasteiger partial charge is 0.302 e. The van der Waals surface area contributed by atoms with Crippen LogP contribution < -0.4 is 15.6 Å². The molecule has 0 aliphatic rings. The maximum absolute atomic E-state index is 11.8. The molecular weight excluding hydrogens is 498 g/mol. The quantitative estimate of drug-likeness (QED) is 0.309. The van der Waals surface area contributed by atoms with Gasteiger partial charge in [-0.1, -0.05) is 62.2 Å². The van der Waals surface area contributed by atoms with Crippen molar-refractivity contribution < 1.29 is 14.4 Å². The van der Waals surface area contributed by atoms with Crippen molar-refractivity contribution >= 4 is 66.9 Å². The highest BCUT2D eigenvalue weighted by atomic mass is 79.9. The fourth-order valence-corrected chi connectivity index (χ4v) is 3.70. The van der Waals surface area contributed by atoms with E-state index < -0.39 is 11.1 Å². The molecule has 9 heteroatoms. The molecule has 27 heavy (non-hydrogen) atoms. The minimum Gasteiger partial charge on any atom is -0.282 e. The van der Waals surface area contributed by atoms with Gasteiger partial charge < -0.3 is 0 Å². The van der Waals surface area contributed by atoms with Crippen LogP contribution in [-0.2, 0) is 16.0 Å². The number of hydrogen-bond donors (Lipinski definition) is 3. The second kappa shape index (κ2) is 11.0. The molecule has 0 aliphatic heterocycles. The van der Waals surface area contributed by atoms with Gasteiger partial charge in [-0.25, -0.2) is 0 Å². The number of halogens is 2. The topological polar surface area (TPSA) is 87.3 Å². The Kier molecular flexibility index (Phi) is 8.73. The Balaban J connectivity index is 1.71. The lowest BCUT2D eigenvalue weighted by Gasteiger charge is -2.06. The Morgan fingerprint density at radius 1 is 1.00 bits per heavy atom. The molecule has 0 saturated carbocycles. The van der Waals surface area contributed by atoms with Crippen LogP contribution in [-0.4, -0.2) is 17.1 Å². The predicted molar refractivity (Wildman–Crippen MR) is 113 cm³/mol. The van der Waals surface area contributed by atoms with Crippen LogP contribution in [0.5, 0.6) is 0 Å². The van der Waals surface area contributed by atoms with Crippen molar-refractivity contribution in [3.05, 3.63) is 74.7 Å². The summed E-state index contributed by atoms with van der Waals surface area (Å²) in [5.74, 6) is -0.867. The van der Waals surface area contributed by atoms with Crippen LogP contribution in [0.2, 0.25) is 0 Å². The zero-order chi connectivity index (χ0) is 19.6. The number of hydrazine groups is 1. The van der Waals surface area contributed by atoms with E-state index in [2.05, 4.69) is 47.4 Å². The number of carbonyl (C=O) groups is 3. The third-order valence-electron chi connectivity index (χ3n) is 3.08. The van der Waals surface area contributed by atoms with Gasteiger partial charge in [-0.15, -0.1) is 0 Å². The molecule has 6 nitrogen and oxygen atoms in total. The first kappa shape index (κ1) is 21.4. The van der Waals surface area contributed by atoms with Crippen LogP contribution in [0.3, 0.4) is 0 Å². The molecule has 0 unspecified atom stereocenters. The molecule has 0 spiro atoms. The number of carbonyl (C=O) groups excluding carboxylic acids is 3. The highest BCUT2D eigenvalue weighted by Crippen LogP contribution is 2.20. The molecule has 0 aromatic heterocycles. The molecule has 0 radical (unpaired) electrons. The number of rotatable bonds is 6. The van der Waals surface area contributed by atoms with Crippen molar-refractivity contribution in [2.45, 2.75) is 6.42 Å². The van der Waals surface area contributed by atoms with Gasteiger partial charge in [0.25, 0.3) is 5.91 Å². The molecule has 2 rings (SSSR count). The van der Waals surface area contributed by atoms with Crippen LogP contribution in [0, 0.1) is 0 Å². The summed E-state index contributed by atoms with van der Waals surface area (Å²) in [6.07, 6.45) is 3.01. The van der Waals surface area contributed by atoms with E-state index in [1.54, 1.807) is 6.08 Å². The Bertz CT molecular complexity index is 840. The first-order valence-corrected chi connectivity index (χ1v) is 10.1. The van der Waals surface area contributed by atoms with Crippen LogP contribution in [0.25, 0.3) is 6.08 Å². The number of amides is 3. The third-order valence-corrected chi connectivity index (χ3v) is 4.49. The maximum Gasteiger partial charge on any atom is 0.302 e. The molecule has 0 fully saturated rings. The number of imide groups is 1. The minimum absolute atomic E-state index is 0.180. The summed E-state index contributed by atoms with van der Waals surface area (Å²) in [6.45, 7) is 0. The maximum atomic E-state index is 11.8. The number of nitrogens with one attached hydrogen (secondary N) is 3. The summed E-state index contributed by atoms with van der Waals surface area (Å²) in [7, 11) is 0. The van der Waals surface area contributed by atoms with E-state index in [1.807, 2.05) is 48.5 Å². The van der Waals surface area contributed by atoms with Gasteiger partial charge in [-0.2, -0.15) is 4.83 Å². The summed E-state index contributed by atoms with van der Waals surface area (Å²) in [6, 6.07) is 14.7. The van der Waals surface area contributed by atoms with Gasteiger partial charge in [-0.05, 0) is 35.4 Å².